The van der Waals surface area contributed by atoms with Crippen LogP contribution < -0.4 is 31.5 Å². The summed E-state index contributed by atoms with van der Waals surface area (Å²) in [6.45, 7) is 0. The Kier molecular flexibility index (Phi) is 11.3. The zero-order valence-corrected chi connectivity index (χ0v) is 36.4. The fourth-order valence-corrected chi connectivity index (χ4v) is 19.3. The summed E-state index contributed by atoms with van der Waals surface area (Å²) < 4.78 is 137. The van der Waals surface area contributed by atoms with Gasteiger partial charge in [-0.15, -0.1) is 0 Å². The lowest BCUT2D eigenvalue weighted by molar-refractivity contribution is -0.927. The summed E-state index contributed by atoms with van der Waals surface area (Å²) in [5, 5.41) is 15.2. The monoisotopic (exact) mass is 898 g/mol. The predicted molar refractivity (Wildman–Crippen MR) is 210 cm³/mol. The average Bonchev–Trinajstić information content (AvgIpc) is 3.81. The van der Waals surface area contributed by atoms with Gasteiger partial charge in [0.25, 0.3) is 30.4 Å². The van der Waals surface area contributed by atoms with E-state index in [1.807, 2.05) is 21.1 Å². The summed E-state index contributed by atoms with van der Waals surface area (Å²) in [6, 6.07) is 0. The van der Waals surface area contributed by atoms with Crippen molar-refractivity contribution >= 4 is 41.4 Å². The first kappa shape index (κ1) is 42.8. The smallest absolute Gasteiger partial charge is 0.268 e. The van der Waals surface area contributed by atoms with Gasteiger partial charge in [-0.1, -0.05) is 36.8 Å². The molecular weight excluding hydrogens is 837 g/mol. The molecule has 4 saturated carbocycles. The lowest BCUT2D eigenvalue weighted by Gasteiger charge is -2.41. The van der Waals surface area contributed by atoms with Crippen LogP contribution in [0, 0.1) is 47.3 Å². The molecule has 9 rings (SSSR count). The molecule has 332 valence electrons. The molecule has 4 aliphatic carbocycles. The summed E-state index contributed by atoms with van der Waals surface area (Å²) in [7, 11) is -7.65. The van der Waals surface area contributed by atoms with Gasteiger partial charge in [0.15, 0.2) is 0 Å². The van der Waals surface area contributed by atoms with E-state index in [-0.39, 0.29) is 42.4 Å². The van der Waals surface area contributed by atoms with Gasteiger partial charge in [0, 0.05) is 28.9 Å². The second-order valence-electron chi connectivity index (χ2n) is 19.2. The lowest BCUT2D eigenvalue weighted by Crippen LogP contribution is -3.19. The Morgan fingerprint density at radius 1 is 0.534 bits per heavy atom. The summed E-state index contributed by atoms with van der Waals surface area (Å²) in [5.74, 6) is -2.99. The van der Waals surface area contributed by atoms with Crippen molar-refractivity contribution in [2.75, 3.05) is 21.1 Å². The molecule has 9 N–H and O–H groups in total. The molecule has 8 bridgehead atoms. The first-order valence-corrected chi connectivity index (χ1v) is 27.0. The highest BCUT2D eigenvalue weighted by Gasteiger charge is 2.65. The molecule has 22 unspecified atom stereocenters. The maximum atomic E-state index is 13.2. The van der Waals surface area contributed by atoms with Crippen molar-refractivity contribution in [3.63, 3.8) is 0 Å². The fraction of sp³-hybridized carbons (Fsp3) is 1.00. The molecule has 58 heavy (non-hydrogen) atoms. The quantitative estimate of drug-likeness (QED) is 0.106. The Balaban J connectivity index is 1.19. The van der Waals surface area contributed by atoms with Crippen LogP contribution in [0.25, 0.3) is 0 Å². The van der Waals surface area contributed by atoms with Gasteiger partial charge in [-0.05, 0) is 83.2 Å². The minimum atomic E-state index is -4.50. The molecule has 22 atom stereocenters. The van der Waals surface area contributed by atoms with Crippen LogP contribution in [0.2, 0.25) is 0 Å². The van der Waals surface area contributed by atoms with E-state index in [2.05, 4.69) is 36.4 Å². The van der Waals surface area contributed by atoms with Crippen molar-refractivity contribution in [1.82, 2.24) is 36.4 Å². The second-order valence-corrected chi connectivity index (χ2v) is 25.3. The van der Waals surface area contributed by atoms with Crippen molar-refractivity contribution in [3.05, 3.63) is 0 Å². The van der Waals surface area contributed by atoms with E-state index in [1.165, 1.54) is 0 Å². The van der Waals surface area contributed by atoms with Gasteiger partial charge in [-0.2, -0.15) is 25.3 Å². The molecule has 0 aromatic rings. The molecule has 0 amide bonds. The Bertz CT molecular complexity index is 1950. The number of nitrogens with zero attached hydrogens (tertiary/aromatic N) is 2. The van der Waals surface area contributed by atoms with Crippen molar-refractivity contribution in [2.45, 2.75) is 147 Å². The highest BCUT2D eigenvalue weighted by atomic mass is 32.2. The van der Waals surface area contributed by atoms with Crippen LogP contribution in [0.1, 0.15) is 77.0 Å². The molecule has 0 aromatic carbocycles. The summed E-state index contributed by atoms with van der Waals surface area (Å²) in [5.41, 5.74) is 0. The van der Waals surface area contributed by atoms with Gasteiger partial charge < -0.3 is 9.45 Å². The van der Waals surface area contributed by atoms with Crippen molar-refractivity contribution < 1.29 is 52.6 Å². The molecule has 5 aliphatic heterocycles. The maximum Gasteiger partial charge on any atom is 0.268 e. The summed E-state index contributed by atoms with van der Waals surface area (Å²) in [4.78, 5) is 5.12. The molecule has 9 fully saturated rings. The van der Waals surface area contributed by atoms with Crippen LogP contribution in [0.4, 0.5) is 0 Å². The van der Waals surface area contributed by atoms with Crippen LogP contribution in [0.15, 0.2) is 0 Å². The van der Waals surface area contributed by atoms with Gasteiger partial charge >= 0.3 is 0 Å². The van der Waals surface area contributed by atoms with Gasteiger partial charge in [0.05, 0.1) is 65.7 Å². The first-order chi connectivity index (χ1) is 27.3. The first-order valence-electron chi connectivity index (χ1n) is 21.3. The third-order valence-electron chi connectivity index (χ3n) is 16.9. The van der Waals surface area contributed by atoms with Crippen LogP contribution in [0.3, 0.4) is 0 Å². The summed E-state index contributed by atoms with van der Waals surface area (Å²) >= 11 is -2.39. The Hall–Kier alpha value is -0.480. The van der Waals surface area contributed by atoms with E-state index in [0.717, 1.165) is 11.3 Å². The zero-order chi connectivity index (χ0) is 41.4. The predicted octanol–water partition coefficient (Wildman–Crippen LogP) is -2.33. The topological polar surface area (TPSA) is 274 Å². The molecule has 19 nitrogen and oxygen atoms in total. The number of quaternary nitrogens is 1. The SMILES string of the molecule is CN1C2NC3C4C(CCCC4S(=O)(=O)O)C(NC4C5C(CCCC5S(=O)(=O)O)C(NC5NC(NC1C1C2CCCC1S(=O)[O-])C1CCCC(S(=O)(=O)O)C51)N4C)[NH+]3C. The third kappa shape index (κ3) is 7.00. The molecular formula is C35H62N8O11S4. The van der Waals surface area contributed by atoms with Gasteiger partial charge in [-0.3, -0.25) is 54.3 Å². The third-order valence-corrected chi connectivity index (χ3v) is 21.8. The highest BCUT2D eigenvalue weighted by molar-refractivity contribution is 7.87. The van der Waals surface area contributed by atoms with Crippen LogP contribution >= 0.6 is 0 Å². The standard InChI is InChI=1S/C35H62N8O11S4/c1-41-30-18-10-6-14-22(57(49,50)51)26(18)34(41)40-32-19-11-7-15-23(58(52,53)54)27(19)35(43(32)3)39-31-17-9-4-12-20(55(44)45)24(17)33(42(31)2)37-28-16-8-5-13-21(56(46,47)48)25(16)29(36-28)38-30/h16-40H,4-15H2,1-3H3,(H,44,45)(H,46,47,48)(H,49,50,51)(H,52,53,54). The Morgan fingerprint density at radius 3 is 1.57 bits per heavy atom. The van der Waals surface area contributed by atoms with E-state index >= 15 is 0 Å². The number of rotatable bonds is 4. The van der Waals surface area contributed by atoms with E-state index in [1.54, 1.807) is 0 Å². The molecule has 9 aliphatic rings. The molecule has 0 spiro atoms. The van der Waals surface area contributed by atoms with Crippen LogP contribution in [0.5, 0.6) is 0 Å². The molecule has 0 aromatic heterocycles. The molecule has 23 heteroatoms. The Labute approximate surface area is 344 Å². The largest absolute Gasteiger partial charge is 0.772 e. The van der Waals surface area contributed by atoms with Crippen LogP contribution in [-0.4, -0.2) is 149 Å². The normalized spacial score (nSPS) is 52.0. The number of hydrogen-bond donors (Lipinski definition) is 9. The number of hydrogen-bond acceptors (Lipinski definition) is 15. The Morgan fingerprint density at radius 2 is 0.983 bits per heavy atom. The maximum absolute atomic E-state index is 13.2. The zero-order valence-electron chi connectivity index (χ0n) is 33.2. The highest BCUT2D eigenvalue weighted by Crippen LogP contribution is 2.50. The lowest BCUT2D eigenvalue weighted by atomic mass is 9.76. The molecule has 5 heterocycles. The van der Waals surface area contributed by atoms with Crippen molar-refractivity contribution in [1.29, 1.82) is 0 Å². The fourth-order valence-electron chi connectivity index (χ4n) is 14.7. The van der Waals surface area contributed by atoms with Crippen LogP contribution in [-0.2, 0) is 41.4 Å². The minimum Gasteiger partial charge on any atom is -0.772 e. The van der Waals surface area contributed by atoms with E-state index in [0.29, 0.717) is 57.8 Å². The van der Waals surface area contributed by atoms with Gasteiger partial charge in [0.1, 0.15) is 12.3 Å². The van der Waals surface area contributed by atoms with E-state index in [9.17, 15) is 47.7 Å². The molecule has 5 saturated heterocycles. The minimum absolute atomic E-state index is 0.149. The summed E-state index contributed by atoms with van der Waals surface area (Å²) in [6.07, 6.45) is 2.40. The van der Waals surface area contributed by atoms with Gasteiger partial charge in [0.2, 0.25) is 0 Å². The molecule has 0 radical (unpaired) electrons. The van der Waals surface area contributed by atoms with Gasteiger partial charge in [-0.25, -0.2) is 0 Å². The van der Waals surface area contributed by atoms with E-state index < -0.39 is 130 Å². The van der Waals surface area contributed by atoms with Crippen molar-refractivity contribution in [2.24, 2.45) is 47.3 Å². The second kappa shape index (κ2) is 15.4. The number of fused-ring (bicyclic) bond motifs is 20. The van der Waals surface area contributed by atoms with E-state index in [4.69, 9.17) is 0 Å². The van der Waals surface area contributed by atoms with Crippen molar-refractivity contribution in [3.8, 4) is 0 Å². The number of nitrogens with one attached hydrogen (secondary N) is 6. The average molecular weight is 899 g/mol.